The SMILES string of the molecule is CNCc1c(C)nn(Cc2cn3ccsc3n2)c1C. The summed E-state index contributed by atoms with van der Waals surface area (Å²) in [5.41, 5.74) is 4.63. The Morgan fingerprint density at radius 2 is 2.21 bits per heavy atom. The van der Waals surface area contributed by atoms with Gasteiger partial charge in [-0.25, -0.2) is 4.98 Å². The van der Waals surface area contributed by atoms with Crippen LogP contribution in [0.5, 0.6) is 0 Å². The van der Waals surface area contributed by atoms with Crippen LogP contribution in [0.4, 0.5) is 0 Å². The molecule has 0 unspecified atom stereocenters. The predicted molar refractivity (Wildman–Crippen MR) is 76.6 cm³/mol. The highest BCUT2D eigenvalue weighted by Gasteiger charge is 2.12. The molecule has 0 radical (unpaired) electrons. The number of imidazole rings is 1. The van der Waals surface area contributed by atoms with E-state index in [0.717, 1.165) is 29.4 Å². The van der Waals surface area contributed by atoms with Crippen molar-refractivity contribution >= 4 is 16.3 Å². The lowest BCUT2D eigenvalue weighted by Gasteiger charge is -2.03. The first kappa shape index (κ1) is 12.4. The van der Waals surface area contributed by atoms with Gasteiger partial charge in [-0.3, -0.25) is 9.08 Å². The van der Waals surface area contributed by atoms with Gasteiger partial charge in [0.1, 0.15) is 0 Å². The first-order chi connectivity index (χ1) is 9.19. The van der Waals surface area contributed by atoms with Crippen LogP contribution in [0.25, 0.3) is 4.96 Å². The molecule has 0 fully saturated rings. The van der Waals surface area contributed by atoms with Crippen molar-refractivity contribution in [1.29, 1.82) is 0 Å². The molecule has 100 valence electrons. The molecule has 19 heavy (non-hydrogen) atoms. The van der Waals surface area contributed by atoms with Gasteiger partial charge in [0, 0.05) is 35.6 Å². The fourth-order valence-electron chi connectivity index (χ4n) is 2.33. The molecule has 0 saturated carbocycles. The topological polar surface area (TPSA) is 47.2 Å². The summed E-state index contributed by atoms with van der Waals surface area (Å²) in [6.45, 7) is 5.76. The van der Waals surface area contributed by atoms with E-state index in [4.69, 9.17) is 0 Å². The number of hydrogen-bond donors (Lipinski definition) is 1. The van der Waals surface area contributed by atoms with Crippen LogP contribution in [0.2, 0.25) is 0 Å². The molecule has 5 nitrogen and oxygen atoms in total. The zero-order valence-corrected chi connectivity index (χ0v) is 12.2. The summed E-state index contributed by atoms with van der Waals surface area (Å²) in [5, 5.41) is 9.84. The first-order valence-corrected chi connectivity index (χ1v) is 7.15. The van der Waals surface area contributed by atoms with Crippen LogP contribution in [-0.4, -0.2) is 26.2 Å². The van der Waals surface area contributed by atoms with Crippen LogP contribution in [0, 0.1) is 13.8 Å². The third-order valence-electron chi connectivity index (χ3n) is 3.34. The summed E-state index contributed by atoms with van der Waals surface area (Å²) >= 11 is 1.65. The lowest BCUT2D eigenvalue weighted by molar-refractivity contribution is 0.647. The van der Waals surface area contributed by atoms with Gasteiger partial charge in [-0.05, 0) is 20.9 Å². The molecule has 0 bridgehead atoms. The normalized spacial score (nSPS) is 11.5. The number of nitrogens with zero attached hydrogens (tertiary/aromatic N) is 4. The van der Waals surface area contributed by atoms with Crippen LogP contribution in [-0.2, 0) is 13.1 Å². The minimum Gasteiger partial charge on any atom is -0.316 e. The molecule has 0 saturated heterocycles. The Kier molecular flexibility index (Phi) is 3.12. The number of thiazole rings is 1. The van der Waals surface area contributed by atoms with Gasteiger partial charge in [-0.15, -0.1) is 11.3 Å². The summed E-state index contributed by atoms with van der Waals surface area (Å²) in [6.07, 6.45) is 4.10. The Labute approximate surface area is 115 Å². The Morgan fingerprint density at radius 1 is 1.37 bits per heavy atom. The second kappa shape index (κ2) is 4.79. The quantitative estimate of drug-likeness (QED) is 0.792. The van der Waals surface area contributed by atoms with Crippen molar-refractivity contribution in [2.24, 2.45) is 0 Å². The van der Waals surface area contributed by atoms with Crippen LogP contribution in [0.1, 0.15) is 22.6 Å². The molecule has 0 amide bonds. The maximum Gasteiger partial charge on any atom is 0.193 e. The predicted octanol–water partition coefficient (Wildman–Crippen LogP) is 1.98. The Balaban J connectivity index is 1.90. The van der Waals surface area contributed by atoms with E-state index in [1.54, 1.807) is 11.3 Å². The van der Waals surface area contributed by atoms with Crippen molar-refractivity contribution in [2.45, 2.75) is 26.9 Å². The second-order valence-corrected chi connectivity index (χ2v) is 5.54. The first-order valence-electron chi connectivity index (χ1n) is 6.27. The van der Waals surface area contributed by atoms with E-state index in [0.29, 0.717) is 0 Å². The summed E-state index contributed by atoms with van der Waals surface area (Å²) in [5.74, 6) is 0. The number of nitrogens with one attached hydrogen (secondary N) is 1. The van der Waals surface area contributed by atoms with Gasteiger partial charge in [0.2, 0.25) is 0 Å². The number of aryl methyl sites for hydroxylation is 1. The average Bonchev–Trinajstić information content (AvgIpc) is 3.00. The molecule has 3 aromatic heterocycles. The molecule has 0 aliphatic heterocycles. The minimum absolute atomic E-state index is 0.727. The summed E-state index contributed by atoms with van der Waals surface area (Å²) < 4.78 is 4.09. The van der Waals surface area contributed by atoms with Gasteiger partial charge in [0.15, 0.2) is 4.96 Å². The summed E-state index contributed by atoms with van der Waals surface area (Å²) in [6, 6.07) is 0. The van der Waals surface area contributed by atoms with Gasteiger partial charge in [0.05, 0.1) is 17.9 Å². The standard InChI is InChI=1S/C13H17N5S/c1-9-12(6-14-3)10(2)18(16-9)8-11-7-17-4-5-19-13(17)15-11/h4-5,7,14H,6,8H2,1-3H3. The van der Waals surface area contributed by atoms with Crippen molar-refractivity contribution < 1.29 is 0 Å². The lowest BCUT2D eigenvalue weighted by Crippen LogP contribution is -2.08. The van der Waals surface area contributed by atoms with Crippen molar-refractivity contribution in [3.63, 3.8) is 0 Å². The maximum absolute atomic E-state index is 4.61. The van der Waals surface area contributed by atoms with Gasteiger partial charge in [-0.2, -0.15) is 5.10 Å². The Bertz CT molecular complexity index is 677. The van der Waals surface area contributed by atoms with E-state index in [1.807, 2.05) is 23.3 Å². The molecule has 3 aromatic rings. The molecule has 3 rings (SSSR count). The highest BCUT2D eigenvalue weighted by atomic mass is 32.1. The summed E-state index contributed by atoms with van der Waals surface area (Å²) in [4.78, 5) is 5.63. The highest BCUT2D eigenvalue weighted by molar-refractivity contribution is 7.15. The van der Waals surface area contributed by atoms with Crippen LogP contribution >= 0.6 is 11.3 Å². The van der Waals surface area contributed by atoms with Crippen LogP contribution < -0.4 is 5.32 Å². The monoisotopic (exact) mass is 275 g/mol. The minimum atomic E-state index is 0.727. The fourth-order valence-corrected chi connectivity index (χ4v) is 3.05. The molecule has 6 heteroatoms. The molecular formula is C13H17N5S. The third-order valence-corrected chi connectivity index (χ3v) is 4.11. The molecule has 0 spiro atoms. The zero-order valence-electron chi connectivity index (χ0n) is 11.3. The second-order valence-electron chi connectivity index (χ2n) is 4.66. The van der Waals surface area contributed by atoms with E-state index < -0.39 is 0 Å². The molecule has 3 heterocycles. The van der Waals surface area contributed by atoms with Gasteiger partial charge in [0.25, 0.3) is 0 Å². The molecule has 0 aliphatic rings. The summed E-state index contributed by atoms with van der Waals surface area (Å²) in [7, 11) is 1.96. The molecule has 0 aliphatic carbocycles. The third kappa shape index (κ3) is 2.17. The van der Waals surface area contributed by atoms with Gasteiger partial charge >= 0.3 is 0 Å². The van der Waals surface area contributed by atoms with E-state index in [2.05, 4.69) is 39.8 Å². The van der Waals surface area contributed by atoms with Crippen molar-refractivity contribution in [3.05, 3.63) is 40.4 Å². The van der Waals surface area contributed by atoms with E-state index >= 15 is 0 Å². The van der Waals surface area contributed by atoms with Gasteiger partial charge in [-0.1, -0.05) is 0 Å². The maximum atomic E-state index is 4.61. The highest BCUT2D eigenvalue weighted by Crippen LogP contribution is 2.16. The number of aromatic nitrogens is 4. The van der Waals surface area contributed by atoms with Crippen molar-refractivity contribution in [2.75, 3.05) is 7.05 Å². The Hall–Kier alpha value is -1.66. The largest absolute Gasteiger partial charge is 0.316 e. The van der Waals surface area contributed by atoms with Crippen molar-refractivity contribution in [1.82, 2.24) is 24.5 Å². The molecule has 1 N–H and O–H groups in total. The zero-order chi connectivity index (χ0) is 13.4. The van der Waals surface area contributed by atoms with Crippen LogP contribution in [0.15, 0.2) is 17.8 Å². The van der Waals surface area contributed by atoms with E-state index in [9.17, 15) is 0 Å². The molecule has 0 atom stereocenters. The fraction of sp³-hybridized carbons (Fsp3) is 0.385. The molecular weight excluding hydrogens is 258 g/mol. The smallest absolute Gasteiger partial charge is 0.193 e. The van der Waals surface area contributed by atoms with Gasteiger partial charge < -0.3 is 5.32 Å². The number of fused-ring (bicyclic) bond motifs is 1. The number of hydrogen-bond acceptors (Lipinski definition) is 4. The van der Waals surface area contributed by atoms with Crippen molar-refractivity contribution in [3.8, 4) is 0 Å². The molecule has 0 aromatic carbocycles. The van der Waals surface area contributed by atoms with E-state index in [-0.39, 0.29) is 0 Å². The average molecular weight is 275 g/mol. The van der Waals surface area contributed by atoms with Crippen LogP contribution in [0.3, 0.4) is 0 Å². The lowest BCUT2D eigenvalue weighted by atomic mass is 10.2. The number of rotatable bonds is 4. The Morgan fingerprint density at radius 3 is 2.95 bits per heavy atom. The van der Waals surface area contributed by atoms with E-state index in [1.165, 1.54) is 11.3 Å².